The summed E-state index contributed by atoms with van der Waals surface area (Å²) in [6.07, 6.45) is 0. The van der Waals surface area contributed by atoms with E-state index >= 15 is 0 Å². The first kappa shape index (κ1) is 10.2. The van der Waals surface area contributed by atoms with Gasteiger partial charge in [-0.05, 0) is 17.7 Å². The zero-order valence-corrected chi connectivity index (χ0v) is 8.54. The Bertz CT molecular complexity index is 472. The molecule has 0 saturated carbocycles. The molecule has 0 aromatic heterocycles. The Hall–Kier alpha value is -1.31. The Morgan fingerprint density at radius 3 is 3.07 bits per heavy atom. The summed E-state index contributed by atoms with van der Waals surface area (Å²) in [5, 5.41) is 8.51. The van der Waals surface area contributed by atoms with Gasteiger partial charge in [0.15, 0.2) is 0 Å². The Morgan fingerprint density at radius 1 is 1.53 bits per heavy atom. The summed E-state index contributed by atoms with van der Waals surface area (Å²) < 4.78 is 29.8. The summed E-state index contributed by atoms with van der Waals surface area (Å²) in [4.78, 5) is 0. The van der Waals surface area contributed by atoms with Crippen LogP contribution in [0.15, 0.2) is 18.2 Å². The molecule has 2 rings (SSSR count). The molecule has 6 nitrogen and oxygen atoms in total. The van der Waals surface area contributed by atoms with Gasteiger partial charge in [-0.2, -0.15) is 0 Å². The molecule has 3 N–H and O–H groups in total. The van der Waals surface area contributed by atoms with Crippen LogP contribution in [0, 0.1) is 0 Å². The van der Waals surface area contributed by atoms with Crippen molar-refractivity contribution in [2.75, 3.05) is 10.7 Å². The molecule has 0 spiro atoms. The Morgan fingerprint density at radius 2 is 2.33 bits per heavy atom. The van der Waals surface area contributed by atoms with E-state index in [4.69, 9.17) is 9.94 Å². The fourth-order valence-corrected chi connectivity index (χ4v) is 2.16. The fraction of sp³-hybridized carbons (Fsp3) is 0.250. The van der Waals surface area contributed by atoms with Gasteiger partial charge in [-0.25, -0.2) is 13.9 Å². The van der Waals surface area contributed by atoms with Crippen LogP contribution in [0.2, 0.25) is 0 Å². The van der Waals surface area contributed by atoms with Crippen molar-refractivity contribution in [3.8, 4) is 5.75 Å². The first-order valence-corrected chi connectivity index (χ1v) is 5.89. The number of benzene rings is 1. The standard InChI is InChI=1S/C8H10N2O4S/c11-9-4-6-1-2-8-7(3-6)10-15(12,13)5-14-8/h1-3,9-11H,4-5H2. The minimum atomic E-state index is -3.38. The lowest BCUT2D eigenvalue weighted by Gasteiger charge is -2.19. The SMILES string of the molecule is O=S1(=O)COc2ccc(CNO)cc2N1. The maximum absolute atomic E-state index is 11.2. The van der Waals surface area contributed by atoms with Crippen molar-refractivity contribution in [1.82, 2.24) is 5.48 Å². The molecule has 0 atom stereocenters. The molecule has 0 unspecified atom stereocenters. The number of fused-ring (bicyclic) bond motifs is 1. The molecule has 1 heterocycles. The van der Waals surface area contributed by atoms with Crippen LogP contribution in [-0.4, -0.2) is 19.6 Å². The zero-order chi connectivity index (χ0) is 10.9. The first-order valence-electron chi connectivity index (χ1n) is 4.24. The van der Waals surface area contributed by atoms with Gasteiger partial charge in [0.25, 0.3) is 10.0 Å². The van der Waals surface area contributed by atoms with E-state index in [1.54, 1.807) is 18.2 Å². The van der Waals surface area contributed by atoms with E-state index in [0.29, 0.717) is 11.4 Å². The number of sulfonamides is 1. The molecule has 1 aliphatic rings. The molecular weight excluding hydrogens is 220 g/mol. The second-order valence-corrected chi connectivity index (χ2v) is 4.81. The Labute approximate surface area is 86.9 Å². The smallest absolute Gasteiger partial charge is 0.268 e. The van der Waals surface area contributed by atoms with E-state index < -0.39 is 10.0 Å². The van der Waals surface area contributed by atoms with Gasteiger partial charge in [0.1, 0.15) is 5.75 Å². The first-order chi connectivity index (χ1) is 7.11. The number of hydrogen-bond acceptors (Lipinski definition) is 5. The van der Waals surface area contributed by atoms with E-state index in [0.717, 1.165) is 5.56 Å². The molecule has 7 heteroatoms. The lowest BCUT2D eigenvalue weighted by atomic mass is 10.2. The van der Waals surface area contributed by atoms with Gasteiger partial charge < -0.3 is 9.94 Å². The van der Waals surface area contributed by atoms with E-state index in [9.17, 15) is 8.42 Å². The van der Waals surface area contributed by atoms with Gasteiger partial charge in [-0.15, -0.1) is 0 Å². The van der Waals surface area contributed by atoms with Crippen molar-refractivity contribution in [3.63, 3.8) is 0 Å². The minimum Gasteiger partial charge on any atom is -0.474 e. The van der Waals surface area contributed by atoms with Crippen LogP contribution in [0.25, 0.3) is 0 Å². The lowest BCUT2D eigenvalue weighted by molar-refractivity contribution is 0.161. The van der Waals surface area contributed by atoms with Gasteiger partial charge in [0, 0.05) is 6.54 Å². The van der Waals surface area contributed by atoms with Crippen LogP contribution in [0.1, 0.15) is 5.56 Å². The Kier molecular flexibility index (Phi) is 2.51. The quantitative estimate of drug-likeness (QED) is 0.634. The highest BCUT2D eigenvalue weighted by Crippen LogP contribution is 2.30. The minimum absolute atomic E-state index is 0.245. The van der Waals surface area contributed by atoms with Gasteiger partial charge >= 0.3 is 0 Å². The molecule has 1 aromatic rings. The summed E-state index contributed by atoms with van der Waals surface area (Å²) in [5.74, 6) is 0.129. The van der Waals surface area contributed by atoms with Crippen LogP contribution in [-0.2, 0) is 16.6 Å². The maximum atomic E-state index is 11.2. The van der Waals surface area contributed by atoms with Crippen LogP contribution in [0.5, 0.6) is 5.75 Å². The number of anilines is 1. The topological polar surface area (TPSA) is 87.7 Å². The largest absolute Gasteiger partial charge is 0.474 e. The summed E-state index contributed by atoms with van der Waals surface area (Å²) in [7, 11) is -3.38. The fourth-order valence-electron chi connectivity index (χ4n) is 1.32. The van der Waals surface area contributed by atoms with Crippen LogP contribution >= 0.6 is 0 Å². The highest BCUT2D eigenvalue weighted by Gasteiger charge is 2.21. The molecule has 0 saturated heterocycles. The number of rotatable bonds is 2. The van der Waals surface area contributed by atoms with Gasteiger partial charge in [-0.1, -0.05) is 6.07 Å². The average molecular weight is 230 g/mol. The predicted molar refractivity (Wildman–Crippen MR) is 53.1 cm³/mol. The number of hydroxylamine groups is 1. The molecule has 0 radical (unpaired) electrons. The summed E-state index contributed by atoms with van der Waals surface area (Å²) in [5.41, 5.74) is 3.14. The van der Waals surface area contributed by atoms with Crippen LogP contribution in [0.3, 0.4) is 0 Å². The third-order valence-electron chi connectivity index (χ3n) is 1.96. The zero-order valence-electron chi connectivity index (χ0n) is 7.73. The van der Waals surface area contributed by atoms with Crippen molar-refractivity contribution in [3.05, 3.63) is 23.8 Å². The summed E-state index contributed by atoms with van der Waals surface area (Å²) >= 11 is 0. The summed E-state index contributed by atoms with van der Waals surface area (Å²) in [6, 6.07) is 5.00. The van der Waals surface area contributed by atoms with Crippen molar-refractivity contribution < 1.29 is 18.4 Å². The molecule has 0 amide bonds. The Balaban J connectivity index is 2.35. The molecule has 15 heavy (non-hydrogen) atoms. The van der Waals surface area contributed by atoms with Crippen molar-refractivity contribution in [2.24, 2.45) is 0 Å². The molecule has 0 fully saturated rings. The molecule has 1 aliphatic heterocycles. The number of ether oxygens (including phenoxy) is 1. The molecule has 82 valence electrons. The molecule has 0 aliphatic carbocycles. The maximum Gasteiger partial charge on any atom is 0.268 e. The molecule has 1 aromatic carbocycles. The third-order valence-corrected chi connectivity index (χ3v) is 2.92. The summed E-state index contributed by atoms with van der Waals surface area (Å²) in [6.45, 7) is 0.245. The highest BCUT2D eigenvalue weighted by molar-refractivity contribution is 7.92. The highest BCUT2D eigenvalue weighted by atomic mass is 32.2. The lowest BCUT2D eigenvalue weighted by Crippen LogP contribution is -2.25. The average Bonchev–Trinajstić information content (AvgIpc) is 2.16. The monoisotopic (exact) mass is 230 g/mol. The number of nitrogens with one attached hydrogen (secondary N) is 2. The third kappa shape index (κ3) is 2.20. The van der Waals surface area contributed by atoms with Crippen LogP contribution in [0.4, 0.5) is 5.69 Å². The van der Waals surface area contributed by atoms with Crippen molar-refractivity contribution >= 4 is 15.7 Å². The second-order valence-electron chi connectivity index (χ2n) is 3.14. The van der Waals surface area contributed by atoms with Gasteiger partial charge in [0.2, 0.25) is 5.94 Å². The van der Waals surface area contributed by atoms with E-state index in [2.05, 4.69) is 4.72 Å². The number of hydrogen-bond donors (Lipinski definition) is 3. The van der Waals surface area contributed by atoms with E-state index in [1.165, 1.54) is 0 Å². The predicted octanol–water partition coefficient (Wildman–Crippen LogP) is 0.257. The second kappa shape index (κ2) is 3.69. The van der Waals surface area contributed by atoms with E-state index in [1.807, 2.05) is 5.48 Å². The van der Waals surface area contributed by atoms with Crippen molar-refractivity contribution in [2.45, 2.75) is 6.54 Å². The van der Waals surface area contributed by atoms with Gasteiger partial charge in [0.05, 0.1) is 5.69 Å². The van der Waals surface area contributed by atoms with Crippen LogP contribution < -0.4 is 14.9 Å². The normalized spacial score (nSPS) is 17.4. The van der Waals surface area contributed by atoms with Gasteiger partial charge in [-0.3, -0.25) is 4.72 Å². The van der Waals surface area contributed by atoms with E-state index in [-0.39, 0.29) is 12.5 Å². The van der Waals surface area contributed by atoms with Crippen molar-refractivity contribution in [1.29, 1.82) is 0 Å². The molecule has 0 bridgehead atoms. The molecular formula is C8H10N2O4S.